The van der Waals surface area contributed by atoms with Crippen molar-refractivity contribution in [3.8, 4) is 0 Å². The molecule has 0 saturated carbocycles. The van der Waals surface area contributed by atoms with E-state index in [1.165, 1.54) is 0 Å². The maximum absolute atomic E-state index is 12.3. The fourth-order valence-corrected chi connectivity index (χ4v) is 2.89. The third-order valence-corrected chi connectivity index (χ3v) is 4.15. The van der Waals surface area contributed by atoms with Gasteiger partial charge in [-0.3, -0.25) is 4.98 Å². The zero-order valence-corrected chi connectivity index (χ0v) is 13.7. The third kappa shape index (κ3) is 4.18. The first-order valence-corrected chi connectivity index (χ1v) is 8.21. The van der Waals surface area contributed by atoms with Crippen LogP contribution in [-0.4, -0.2) is 40.1 Å². The van der Waals surface area contributed by atoms with Crippen LogP contribution in [0.15, 0.2) is 43.0 Å². The molecule has 2 aromatic heterocycles. The number of carbonyl (C=O) groups is 1. The zero-order valence-electron chi connectivity index (χ0n) is 13.7. The van der Waals surface area contributed by atoms with Gasteiger partial charge in [0.25, 0.3) is 0 Å². The van der Waals surface area contributed by atoms with E-state index in [1.54, 1.807) is 30.9 Å². The Balaban J connectivity index is 1.53. The fourth-order valence-electron chi connectivity index (χ4n) is 2.89. The van der Waals surface area contributed by atoms with Crippen LogP contribution in [0.1, 0.15) is 31.4 Å². The first-order valence-electron chi connectivity index (χ1n) is 8.21. The van der Waals surface area contributed by atoms with Gasteiger partial charge in [-0.25, -0.2) is 14.8 Å². The van der Waals surface area contributed by atoms with Gasteiger partial charge >= 0.3 is 6.03 Å². The highest BCUT2D eigenvalue weighted by Gasteiger charge is 2.23. The lowest BCUT2D eigenvalue weighted by Gasteiger charge is -2.33. The van der Waals surface area contributed by atoms with Gasteiger partial charge in [0.2, 0.25) is 5.95 Å². The molecule has 7 nitrogen and oxygen atoms in total. The van der Waals surface area contributed by atoms with E-state index in [1.807, 2.05) is 19.1 Å². The average Bonchev–Trinajstić information content (AvgIpc) is 2.63. The highest BCUT2D eigenvalue weighted by atomic mass is 16.2. The van der Waals surface area contributed by atoms with Crippen molar-refractivity contribution in [1.82, 2.24) is 25.6 Å². The Kier molecular flexibility index (Phi) is 5.20. The third-order valence-electron chi connectivity index (χ3n) is 4.15. The zero-order chi connectivity index (χ0) is 16.8. The number of hydrogen-bond donors (Lipinski definition) is 2. The molecular formula is C17H22N6O. The van der Waals surface area contributed by atoms with Gasteiger partial charge in [0.15, 0.2) is 0 Å². The Morgan fingerprint density at radius 1 is 1.25 bits per heavy atom. The van der Waals surface area contributed by atoms with Gasteiger partial charge in [0.1, 0.15) is 0 Å². The molecular weight excluding hydrogens is 304 g/mol. The Bertz CT molecular complexity index is 651. The number of piperidine rings is 1. The molecule has 1 saturated heterocycles. The summed E-state index contributed by atoms with van der Waals surface area (Å²) < 4.78 is 0. The van der Waals surface area contributed by atoms with Gasteiger partial charge < -0.3 is 15.5 Å². The largest absolute Gasteiger partial charge is 0.339 e. The lowest BCUT2D eigenvalue weighted by molar-refractivity contribution is 0.232. The average molecular weight is 326 g/mol. The topological polar surface area (TPSA) is 83.0 Å². The Morgan fingerprint density at radius 3 is 2.75 bits per heavy atom. The van der Waals surface area contributed by atoms with E-state index in [9.17, 15) is 4.79 Å². The van der Waals surface area contributed by atoms with E-state index in [2.05, 4.69) is 30.5 Å². The monoisotopic (exact) mass is 326 g/mol. The molecule has 1 fully saturated rings. The van der Waals surface area contributed by atoms with Crippen LogP contribution in [0.2, 0.25) is 0 Å². The van der Waals surface area contributed by atoms with Crippen LogP contribution < -0.4 is 15.5 Å². The predicted octanol–water partition coefficient (Wildman–Crippen LogP) is 1.90. The molecule has 2 N–H and O–H groups in total. The van der Waals surface area contributed by atoms with Crippen molar-refractivity contribution >= 4 is 12.0 Å². The highest BCUT2D eigenvalue weighted by Crippen LogP contribution is 2.15. The second-order valence-electron chi connectivity index (χ2n) is 5.95. The van der Waals surface area contributed by atoms with Crippen molar-refractivity contribution in [3.05, 3.63) is 48.5 Å². The second-order valence-corrected chi connectivity index (χ2v) is 5.95. The van der Waals surface area contributed by atoms with Crippen LogP contribution in [0.4, 0.5) is 10.7 Å². The van der Waals surface area contributed by atoms with Gasteiger partial charge in [0.05, 0.1) is 6.04 Å². The van der Waals surface area contributed by atoms with E-state index in [-0.39, 0.29) is 18.1 Å². The molecule has 0 unspecified atom stereocenters. The van der Waals surface area contributed by atoms with Gasteiger partial charge in [-0.1, -0.05) is 0 Å². The second kappa shape index (κ2) is 7.72. The van der Waals surface area contributed by atoms with Crippen LogP contribution in [0.3, 0.4) is 0 Å². The Morgan fingerprint density at radius 2 is 2.00 bits per heavy atom. The van der Waals surface area contributed by atoms with Crippen LogP contribution in [0, 0.1) is 0 Å². The molecule has 0 spiro atoms. The highest BCUT2D eigenvalue weighted by molar-refractivity contribution is 5.74. The molecule has 126 valence electrons. The van der Waals surface area contributed by atoms with E-state index in [0.29, 0.717) is 0 Å². The van der Waals surface area contributed by atoms with Gasteiger partial charge in [-0.05, 0) is 43.5 Å². The molecule has 2 atom stereocenters. The number of anilines is 1. The van der Waals surface area contributed by atoms with Gasteiger partial charge in [-0.2, -0.15) is 0 Å². The maximum Gasteiger partial charge on any atom is 0.315 e. The first kappa shape index (κ1) is 16.2. The van der Waals surface area contributed by atoms with E-state index < -0.39 is 0 Å². The van der Waals surface area contributed by atoms with Crippen molar-refractivity contribution in [2.75, 3.05) is 18.0 Å². The maximum atomic E-state index is 12.3. The summed E-state index contributed by atoms with van der Waals surface area (Å²) in [6, 6.07) is 5.48. The predicted molar refractivity (Wildman–Crippen MR) is 91.6 cm³/mol. The van der Waals surface area contributed by atoms with E-state index in [4.69, 9.17) is 0 Å². The number of nitrogens with zero attached hydrogens (tertiary/aromatic N) is 4. The number of nitrogens with one attached hydrogen (secondary N) is 2. The van der Waals surface area contributed by atoms with E-state index in [0.717, 1.165) is 37.4 Å². The molecule has 1 aliphatic rings. The molecule has 2 amide bonds. The van der Waals surface area contributed by atoms with Crippen molar-refractivity contribution < 1.29 is 4.79 Å². The summed E-state index contributed by atoms with van der Waals surface area (Å²) in [5, 5.41) is 6.03. The molecule has 0 aliphatic carbocycles. The van der Waals surface area contributed by atoms with Crippen LogP contribution in [-0.2, 0) is 0 Å². The summed E-state index contributed by atoms with van der Waals surface area (Å²) in [5.41, 5.74) is 1.03. The molecule has 24 heavy (non-hydrogen) atoms. The summed E-state index contributed by atoms with van der Waals surface area (Å²) in [6.07, 6.45) is 8.89. The number of urea groups is 1. The van der Waals surface area contributed by atoms with Gasteiger partial charge in [0, 0.05) is 43.9 Å². The fraction of sp³-hybridized carbons (Fsp3) is 0.412. The summed E-state index contributed by atoms with van der Waals surface area (Å²) in [5.74, 6) is 0.717. The molecule has 7 heteroatoms. The van der Waals surface area contributed by atoms with Crippen molar-refractivity contribution in [3.63, 3.8) is 0 Å². The Hall–Kier alpha value is -2.70. The number of carbonyl (C=O) groups excluding carboxylic acids is 1. The van der Waals surface area contributed by atoms with Crippen molar-refractivity contribution in [2.24, 2.45) is 0 Å². The van der Waals surface area contributed by atoms with Gasteiger partial charge in [-0.15, -0.1) is 0 Å². The van der Waals surface area contributed by atoms with Crippen molar-refractivity contribution in [1.29, 1.82) is 0 Å². The molecule has 0 radical (unpaired) electrons. The number of aromatic nitrogens is 3. The molecule has 2 aromatic rings. The summed E-state index contributed by atoms with van der Waals surface area (Å²) >= 11 is 0. The number of hydrogen-bond acceptors (Lipinski definition) is 5. The standard InChI is InChI=1S/C17H22N6O/c1-13(14-5-9-18-10-6-14)21-17(24)22-15-4-2-11-23(12-15)16-19-7-3-8-20-16/h3,5-10,13,15H,2,4,11-12H2,1H3,(H2,21,22,24)/t13-,15-/m1/s1. The first-order chi connectivity index (χ1) is 11.7. The molecule has 3 rings (SSSR count). The lowest BCUT2D eigenvalue weighted by atomic mass is 10.1. The summed E-state index contributed by atoms with van der Waals surface area (Å²) in [7, 11) is 0. The lowest BCUT2D eigenvalue weighted by Crippen LogP contribution is -2.51. The minimum absolute atomic E-state index is 0.0647. The van der Waals surface area contributed by atoms with Crippen LogP contribution >= 0.6 is 0 Å². The normalized spacial score (nSPS) is 18.7. The molecule has 0 bridgehead atoms. The number of pyridine rings is 1. The van der Waals surface area contributed by atoms with E-state index >= 15 is 0 Å². The number of amides is 2. The molecule has 0 aromatic carbocycles. The molecule has 3 heterocycles. The SMILES string of the molecule is C[C@@H](NC(=O)N[C@@H]1CCCN(c2ncccn2)C1)c1ccncc1. The minimum Gasteiger partial charge on any atom is -0.339 e. The smallest absolute Gasteiger partial charge is 0.315 e. The number of rotatable bonds is 4. The summed E-state index contributed by atoms with van der Waals surface area (Å²) in [6.45, 7) is 3.60. The van der Waals surface area contributed by atoms with Crippen LogP contribution in [0.5, 0.6) is 0 Å². The molecule has 1 aliphatic heterocycles. The quantitative estimate of drug-likeness (QED) is 0.896. The van der Waals surface area contributed by atoms with Crippen molar-refractivity contribution in [2.45, 2.75) is 31.8 Å². The minimum atomic E-state index is -0.153. The van der Waals surface area contributed by atoms with Crippen LogP contribution in [0.25, 0.3) is 0 Å². The Labute approximate surface area is 141 Å². The summed E-state index contributed by atoms with van der Waals surface area (Å²) in [4.78, 5) is 26.9.